The number of rotatable bonds is 6. The number of benzene rings is 2. The Morgan fingerprint density at radius 3 is 2.52 bits per heavy atom. The van der Waals surface area contributed by atoms with E-state index in [0.717, 1.165) is 0 Å². The standard InChI is InChI=1S/C21H24N2O8/c1-11(25)22-17-19(27)18(26)16(10-24)31-20(17)30-15-8-3-2-7-14(15)12-5-4-6-13(9-12)23-21(28)29/h2-9,16-20,23-24,26-27H,10H2,1H3,(H,22,25)(H,28,29)/t16-,17-,18+,19-,20-/m1/s1. The maximum atomic E-state index is 11.6. The number of nitrogens with one attached hydrogen (secondary N) is 2. The molecule has 0 aromatic heterocycles. The number of amides is 2. The number of hydrogen-bond acceptors (Lipinski definition) is 7. The molecule has 5 atom stereocenters. The Morgan fingerprint density at radius 1 is 1.10 bits per heavy atom. The smallest absolute Gasteiger partial charge is 0.409 e. The van der Waals surface area contributed by atoms with Gasteiger partial charge in [0.05, 0.1) is 6.61 Å². The van der Waals surface area contributed by atoms with Crippen LogP contribution in [0.4, 0.5) is 10.5 Å². The number of carbonyl (C=O) groups is 2. The van der Waals surface area contributed by atoms with Crippen molar-refractivity contribution in [2.45, 2.75) is 37.6 Å². The minimum atomic E-state index is -1.44. The van der Waals surface area contributed by atoms with E-state index in [1.165, 1.54) is 6.92 Å². The van der Waals surface area contributed by atoms with E-state index in [0.29, 0.717) is 22.6 Å². The molecule has 1 saturated heterocycles. The number of aliphatic hydroxyl groups excluding tert-OH is 3. The number of hydrogen-bond donors (Lipinski definition) is 6. The molecule has 2 aromatic rings. The zero-order valence-corrected chi connectivity index (χ0v) is 16.6. The van der Waals surface area contributed by atoms with Crippen molar-refractivity contribution in [3.8, 4) is 16.9 Å². The Balaban J connectivity index is 1.93. The van der Waals surface area contributed by atoms with Gasteiger partial charge in [-0.05, 0) is 23.8 Å². The van der Waals surface area contributed by atoms with E-state index >= 15 is 0 Å². The van der Waals surface area contributed by atoms with Gasteiger partial charge in [0.2, 0.25) is 12.2 Å². The lowest BCUT2D eigenvalue weighted by Crippen LogP contribution is -2.65. The van der Waals surface area contributed by atoms with Crippen molar-refractivity contribution in [3.63, 3.8) is 0 Å². The zero-order valence-electron chi connectivity index (χ0n) is 16.6. The van der Waals surface area contributed by atoms with Gasteiger partial charge in [-0.2, -0.15) is 0 Å². The average Bonchev–Trinajstić information content (AvgIpc) is 2.73. The van der Waals surface area contributed by atoms with Crippen molar-refractivity contribution in [2.24, 2.45) is 0 Å². The number of carboxylic acid groups (broad SMARTS) is 1. The molecule has 10 nitrogen and oxygen atoms in total. The first-order valence-corrected chi connectivity index (χ1v) is 9.55. The summed E-state index contributed by atoms with van der Waals surface area (Å²) in [7, 11) is 0. The van der Waals surface area contributed by atoms with Gasteiger partial charge in [-0.15, -0.1) is 0 Å². The van der Waals surface area contributed by atoms with E-state index in [9.17, 15) is 24.9 Å². The molecule has 0 radical (unpaired) electrons. The minimum absolute atomic E-state index is 0.329. The second-order valence-corrected chi connectivity index (χ2v) is 7.06. The number of aliphatic hydroxyl groups is 3. The number of anilines is 1. The molecule has 1 fully saturated rings. The van der Waals surface area contributed by atoms with Crippen molar-refractivity contribution >= 4 is 17.7 Å². The molecule has 2 aromatic carbocycles. The summed E-state index contributed by atoms with van der Waals surface area (Å²) in [6, 6.07) is 12.4. The molecule has 1 aliphatic heterocycles. The van der Waals surface area contributed by atoms with Gasteiger partial charge in [0.15, 0.2) is 0 Å². The fourth-order valence-corrected chi connectivity index (χ4v) is 3.39. The highest BCUT2D eigenvalue weighted by Crippen LogP contribution is 2.34. The SMILES string of the molecule is CC(=O)N[C@H]1[C@H](Oc2ccccc2-c2cccc(NC(=O)O)c2)O[C@H](CO)[C@H](O)[C@@H]1O. The highest BCUT2D eigenvalue weighted by atomic mass is 16.7. The van der Waals surface area contributed by atoms with Crippen LogP contribution in [0, 0.1) is 0 Å². The fourth-order valence-electron chi connectivity index (χ4n) is 3.39. The van der Waals surface area contributed by atoms with Crippen molar-refractivity contribution in [1.82, 2.24) is 5.32 Å². The second-order valence-electron chi connectivity index (χ2n) is 7.06. The van der Waals surface area contributed by atoms with E-state index in [1.807, 2.05) is 0 Å². The molecule has 3 rings (SSSR count). The monoisotopic (exact) mass is 432 g/mol. The van der Waals surface area contributed by atoms with Crippen LogP contribution < -0.4 is 15.4 Å². The average molecular weight is 432 g/mol. The molecular formula is C21H24N2O8. The Bertz CT molecular complexity index is 937. The van der Waals surface area contributed by atoms with Crippen LogP contribution in [0.25, 0.3) is 11.1 Å². The molecule has 31 heavy (non-hydrogen) atoms. The van der Waals surface area contributed by atoms with Crippen LogP contribution in [-0.2, 0) is 9.53 Å². The first kappa shape index (κ1) is 22.5. The highest BCUT2D eigenvalue weighted by Gasteiger charge is 2.46. The molecule has 0 saturated carbocycles. The van der Waals surface area contributed by atoms with Crippen LogP contribution in [0.5, 0.6) is 5.75 Å². The number of para-hydroxylation sites is 1. The second kappa shape index (κ2) is 9.75. The molecule has 2 amide bonds. The first-order chi connectivity index (χ1) is 14.8. The summed E-state index contributed by atoms with van der Waals surface area (Å²) in [6.07, 6.45) is -6.37. The third-order valence-corrected chi connectivity index (χ3v) is 4.81. The van der Waals surface area contributed by atoms with Gasteiger partial charge in [-0.1, -0.05) is 30.3 Å². The number of carbonyl (C=O) groups excluding carboxylic acids is 1. The summed E-state index contributed by atoms with van der Waals surface area (Å²) in [5, 5.41) is 43.8. The van der Waals surface area contributed by atoms with Gasteiger partial charge in [-0.3, -0.25) is 10.1 Å². The van der Waals surface area contributed by atoms with Crippen molar-refractivity contribution < 1.29 is 39.5 Å². The Kier molecular flexibility index (Phi) is 7.08. The summed E-state index contributed by atoms with van der Waals surface area (Å²) >= 11 is 0. The van der Waals surface area contributed by atoms with E-state index < -0.39 is 49.3 Å². The summed E-state index contributed by atoms with van der Waals surface area (Å²) in [4.78, 5) is 22.5. The lowest BCUT2D eigenvalue weighted by Gasteiger charge is -2.42. The van der Waals surface area contributed by atoms with Crippen LogP contribution >= 0.6 is 0 Å². The van der Waals surface area contributed by atoms with Crippen LogP contribution in [0.2, 0.25) is 0 Å². The normalized spacial score (nSPS) is 25.5. The number of ether oxygens (including phenoxy) is 2. The van der Waals surface area contributed by atoms with E-state index in [2.05, 4.69) is 10.6 Å². The van der Waals surface area contributed by atoms with Gasteiger partial charge < -0.3 is 35.2 Å². The Morgan fingerprint density at radius 2 is 1.84 bits per heavy atom. The first-order valence-electron chi connectivity index (χ1n) is 9.55. The van der Waals surface area contributed by atoms with Crippen LogP contribution in [-0.4, -0.2) is 69.7 Å². The van der Waals surface area contributed by atoms with Crippen molar-refractivity contribution in [3.05, 3.63) is 48.5 Å². The van der Waals surface area contributed by atoms with Crippen LogP contribution in [0.3, 0.4) is 0 Å². The third kappa shape index (κ3) is 5.30. The highest BCUT2D eigenvalue weighted by molar-refractivity contribution is 5.85. The molecule has 1 aliphatic rings. The Hall–Kier alpha value is -3.18. The molecule has 1 heterocycles. The quantitative estimate of drug-likeness (QED) is 0.391. The summed E-state index contributed by atoms with van der Waals surface area (Å²) in [6.45, 7) is 0.693. The summed E-state index contributed by atoms with van der Waals surface area (Å²) in [5.41, 5.74) is 1.61. The maximum Gasteiger partial charge on any atom is 0.409 e. The van der Waals surface area contributed by atoms with Gasteiger partial charge in [0.25, 0.3) is 0 Å². The summed E-state index contributed by atoms with van der Waals surface area (Å²) < 4.78 is 11.6. The lowest BCUT2D eigenvalue weighted by atomic mass is 9.96. The predicted molar refractivity (Wildman–Crippen MR) is 110 cm³/mol. The fraction of sp³-hybridized carbons (Fsp3) is 0.333. The van der Waals surface area contributed by atoms with Gasteiger partial charge >= 0.3 is 6.09 Å². The third-order valence-electron chi connectivity index (χ3n) is 4.81. The molecule has 10 heteroatoms. The molecule has 0 bridgehead atoms. The van der Waals surface area contributed by atoms with E-state index in [4.69, 9.17) is 14.6 Å². The summed E-state index contributed by atoms with van der Waals surface area (Å²) in [5.74, 6) is -0.132. The van der Waals surface area contributed by atoms with E-state index in [1.54, 1.807) is 48.5 Å². The molecule has 0 unspecified atom stereocenters. The largest absolute Gasteiger partial charge is 0.465 e. The molecular weight excluding hydrogens is 408 g/mol. The molecule has 0 aliphatic carbocycles. The van der Waals surface area contributed by atoms with Gasteiger partial charge in [0.1, 0.15) is 30.1 Å². The van der Waals surface area contributed by atoms with E-state index in [-0.39, 0.29) is 0 Å². The van der Waals surface area contributed by atoms with Gasteiger partial charge in [0, 0.05) is 18.2 Å². The van der Waals surface area contributed by atoms with Crippen LogP contribution in [0.1, 0.15) is 6.92 Å². The predicted octanol–water partition coefficient (Wildman–Crippen LogP) is 0.766. The van der Waals surface area contributed by atoms with Crippen LogP contribution in [0.15, 0.2) is 48.5 Å². The lowest BCUT2D eigenvalue weighted by molar-refractivity contribution is -0.244. The Labute approximate surface area is 178 Å². The molecule has 6 N–H and O–H groups in total. The minimum Gasteiger partial charge on any atom is -0.465 e. The zero-order chi connectivity index (χ0) is 22.5. The molecule has 166 valence electrons. The van der Waals surface area contributed by atoms with Crippen molar-refractivity contribution in [1.29, 1.82) is 0 Å². The van der Waals surface area contributed by atoms with Crippen molar-refractivity contribution in [2.75, 3.05) is 11.9 Å². The molecule has 0 spiro atoms. The maximum absolute atomic E-state index is 11.6. The van der Waals surface area contributed by atoms with Gasteiger partial charge in [-0.25, -0.2) is 4.79 Å². The topological polar surface area (TPSA) is 158 Å².